The third-order valence-corrected chi connectivity index (χ3v) is 7.49. The summed E-state index contributed by atoms with van der Waals surface area (Å²) in [7, 11) is 0. The number of benzene rings is 1. The maximum absolute atomic E-state index is 12.2. The van der Waals surface area contributed by atoms with Crippen molar-refractivity contribution in [2.24, 2.45) is 17.3 Å². The summed E-state index contributed by atoms with van der Waals surface area (Å²) in [6.45, 7) is 9.93. The molecule has 2 N–H and O–H groups in total. The first kappa shape index (κ1) is 22.4. The van der Waals surface area contributed by atoms with E-state index in [0.29, 0.717) is 40.0 Å². The van der Waals surface area contributed by atoms with Crippen LogP contribution >= 0.6 is 15.9 Å². The lowest BCUT2D eigenvalue weighted by atomic mass is 9.61. The van der Waals surface area contributed by atoms with Crippen LogP contribution in [0, 0.1) is 24.2 Å². The summed E-state index contributed by atoms with van der Waals surface area (Å²) in [4.78, 5) is 23.5. The first-order valence-corrected chi connectivity index (χ1v) is 10.4. The monoisotopic (exact) mass is 448 g/mol. The van der Waals surface area contributed by atoms with Gasteiger partial charge in [0.15, 0.2) is 6.29 Å². The van der Waals surface area contributed by atoms with Crippen molar-refractivity contribution in [1.29, 1.82) is 0 Å². The van der Waals surface area contributed by atoms with Crippen LogP contribution < -0.4 is 0 Å². The third-order valence-electron chi connectivity index (χ3n) is 6.52. The first-order valence-electron chi connectivity index (χ1n) is 9.61. The Labute approximate surface area is 175 Å². The lowest BCUT2D eigenvalue weighted by molar-refractivity contribution is -0.129. The molecule has 0 saturated heterocycles. The number of hydrogen-bond donors (Lipinski definition) is 2. The second kappa shape index (κ2) is 8.64. The average molecular weight is 449 g/mol. The summed E-state index contributed by atoms with van der Waals surface area (Å²) in [5, 5.41) is 20.7. The molecule has 1 saturated carbocycles. The second-order valence-corrected chi connectivity index (χ2v) is 8.92. The number of carbonyl (C=O) groups excluding carboxylic acids is 2. The van der Waals surface area contributed by atoms with Crippen molar-refractivity contribution >= 4 is 28.0 Å². The Bertz CT molecular complexity index is 853. The number of allylic oxidation sites excluding steroid dienone is 4. The van der Waals surface area contributed by atoms with Crippen LogP contribution in [-0.4, -0.2) is 22.3 Å². The van der Waals surface area contributed by atoms with Gasteiger partial charge in [-0.15, -0.1) is 0 Å². The van der Waals surface area contributed by atoms with Gasteiger partial charge in [0.2, 0.25) is 0 Å². The van der Waals surface area contributed by atoms with E-state index in [2.05, 4.69) is 35.9 Å². The first-order chi connectivity index (χ1) is 13.0. The highest BCUT2D eigenvalue weighted by Gasteiger charge is 2.41. The van der Waals surface area contributed by atoms with E-state index >= 15 is 0 Å². The Morgan fingerprint density at radius 2 is 1.93 bits per heavy atom. The molecule has 5 heteroatoms. The van der Waals surface area contributed by atoms with E-state index in [1.807, 2.05) is 26.0 Å². The maximum atomic E-state index is 12.2. The zero-order valence-electron chi connectivity index (χ0n) is 17.2. The molecule has 1 aliphatic carbocycles. The molecule has 0 amide bonds. The summed E-state index contributed by atoms with van der Waals surface area (Å²) in [6, 6.07) is 0. The van der Waals surface area contributed by atoms with Gasteiger partial charge in [-0.25, -0.2) is 0 Å². The summed E-state index contributed by atoms with van der Waals surface area (Å²) >= 11 is 3.28. The molecule has 4 nitrogen and oxygen atoms in total. The van der Waals surface area contributed by atoms with E-state index in [4.69, 9.17) is 0 Å². The van der Waals surface area contributed by atoms with E-state index < -0.39 is 0 Å². The molecule has 0 bridgehead atoms. The smallest absolute Gasteiger partial charge is 0.154 e. The molecular formula is C23H29BrO4. The van der Waals surface area contributed by atoms with E-state index in [0.717, 1.165) is 12.0 Å². The van der Waals surface area contributed by atoms with Gasteiger partial charge in [0.05, 0.1) is 10.0 Å². The standard InChI is InChI=1S/C23H29BrO4/c1-13(10-11-23(5)14(2)7-9-19(26)16(23)4)6-8-17-21(27)18(12-25)15(3)20(24)22(17)28/h6,10-12,14,16,27-28H,7-9H2,1-5H3/t14-,16+,23+/m0/s1. The van der Waals surface area contributed by atoms with Crippen molar-refractivity contribution in [3.8, 4) is 11.5 Å². The molecule has 0 radical (unpaired) electrons. The Morgan fingerprint density at radius 3 is 2.54 bits per heavy atom. The van der Waals surface area contributed by atoms with Gasteiger partial charge in [0.1, 0.15) is 17.3 Å². The number of aldehydes is 1. The Morgan fingerprint density at radius 1 is 1.29 bits per heavy atom. The van der Waals surface area contributed by atoms with Gasteiger partial charge < -0.3 is 10.2 Å². The predicted molar refractivity (Wildman–Crippen MR) is 115 cm³/mol. The van der Waals surface area contributed by atoms with Crippen LogP contribution in [0.15, 0.2) is 28.3 Å². The molecule has 1 aromatic rings. The van der Waals surface area contributed by atoms with Crippen LogP contribution in [0.25, 0.3) is 0 Å². The molecule has 28 heavy (non-hydrogen) atoms. The number of phenolic OH excluding ortho intramolecular Hbond substituents is 2. The largest absolute Gasteiger partial charge is 0.507 e. The molecule has 1 aliphatic rings. The summed E-state index contributed by atoms with van der Waals surface area (Å²) in [6.07, 6.45) is 8.45. The zero-order valence-corrected chi connectivity index (χ0v) is 18.8. The van der Waals surface area contributed by atoms with E-state index in [9.17, 15) is 19.8 Å². The fraction of sp³-hybridized carbons (Fsp3) is 0.478. The van der Waals surface area contributed by atoms with Crippen molar-refractivity contribution in [2.75, 3.05) is 0 Å². The van der Waals surface area contributed by atoms with Gasteiger partial charge in [-0.1, -0.05) is 44.6 Å². The maximum Gasteiger partial charge on any atom is 0.154 e. The fourth-order valence-electron chi connectivity index (χ4n) is 3.83. The van der Waals surface area contributed by atoms with Crippen LogP contribution in [-0.2, 0) is 11.2 Å². The fourth-order valence-corrected chi connectivity index (χ4v) is 4.28. The molecule has 0 heterocycles. The van der Waals surface area contributed by atoms with Crippen LogP contribution in [0.1, 0.15) is 62.0 Å². The number of carbonyl (C=O) groups is 2. The SMILES string of the molecule is CC(C=C[C@@]1(C)[C@H](C)C(=O)CC[C@@H]1C)=CCc1c(O)c(Br)c(C)c(C=O)c1O. The molecule has 0 aliphatic heterocycles. The number of phenols is 2. The van der Waals surface area contributed by atoms with Crippen molar-refractivity contribution in [2.45, 2.75) is 53.9 Å². The number of hydrogen-bond acceptors (Lipinski definition) is 4. The minimum Gasteiger partial charge on any atom is -0.507 e. The molecule has 152 valence electrons. The lowest BCUT2D eigenvalue weighted by Crippen LogP contribution is -2.40. The topological polar surface area (TPSA) is 74.6 Å². The molecule has 1 aromatic carbocycles. The Hall–Kier alpha value is -1.88. The van der Waals surface area contributed by atoms with Crippen molar-refractivity contribution in [1.82, 2.24) is 0 Å². The quantitative estimate of drug-likeness (QED) is 0.449. The van der Waals surface area contributed by atoms with Gasteiger partial charge in [0.25, 0.3) is 0 Å². The van der Waals surface area contributed by atoms with E-state index in [1.165, 1.54) is 0 Å². The minimum atomic E-state index is -0.188. The molecule has 3 atom stereocenters. The predicted octanol–water partition coefficient (Wildman–Crippen LogP) is 5.67. The van der Waals surface area contributed by atoms with Crippen LogP contribution in [0.5, 0.6) is 11.5 Å². The number of aromatic hydroxyl groups is 2. The normalized spacial score (nSPS) is 26.1. The Kier molecular flexibility index (Phi) is 6.92. The van der Waals surface area contributed by atoms with Gasteiger partial charge in [-0.3, -0.25) is 9.59 Å². The van der Waals surface area contributed by atoms with Crippen LogP contribution in [0.4, 0.5) is 0 Å². The summed E-state index contributed by atoms with van der Waals surface area (Å²) < 4.78 is 0.417. The average Bonchev–Trinajstić information content (AvgIpc) is 2.66. The van der Waals surface area contributed by atoms with Crippen molar-refractivity contribution in [3.63, 3.8) is 0 Å². The summed E-state index contributed by atoms with van der Waals surface area (Å²) in [5.41, 5.74) is 1.77. The highest BCUT2D eigenvalue weighted by atomic mass is 79.9. The van der Waals surface area contributed by atoms with E-state index in [-0.39, 0.29) is 34.8 Å². The van der Waals surface area contributed by atoms with Crippen molar-refractivity contribution < 1.29 is 19.8 Å². The number of halogens is 1. The van der Waals surface area contributed by atoms with Gasteiger partial charge >= 0.3 is 0 Å². The second-order valence-electron chi connectivity index (χ2n) is 8.13. The zero-order chi connectivity index (χ0) is 21.2. The third kappa shape index (κ3) is 4.09. The number of rotatable bonds is 5. The van der Waals surface area contributed by atoms with Crippen LogP contribution in [0.2, 0.25) is 0 Å². The van der Waals surface area contributed by atoms with Gasteiger partial charge in [0, 0.05) is 17.9 Å². The number of Topliss-reactive ketones (excluding diaryl/α,β-unsaturated/α-hetero) is 1. The Balaban J connectivity index is 2.28. The molecule has 2 rings (SSSR count). The van der Waals surface area contributed by atoms with Gasteiger partial charge in [-0.2, -0.15) is 0 Å². The highest BCUT2D eigenvalue weighted by Crippen LogP contribution is 2.45. The van der Waals surface area contributed by atoms with Gasteiger partial charge in [-0.05, 0) is 59.5 Å². The molecule has 1 fully saturated rings. The number of ketones is 1. The molecule has 0 unspecified atom stereocenters. The van der Waals surface area contributed by atoms with Crippen molar-refractivity contribution in [3.05, 3.63) is 45.0 Å². The lowest BCUT2D eigenvalue weighted by Gasteiger charge is -2.42. The molecular weight excluding hydrogens is 420 g/mol. The minimum absolute atomic E-state index is 0.0170. The van der Waals surface area contributed by atoms with Crippen LogP contribution in [0.3, 0.4) is 0 Å². The molecule has 0 spiro atoms. The molecule has 0 aromatic heterocycles. The van der Waals surface area contributed by atoms with E-state index in [1.54, 1.807) is 6.92 Å². The highest BCUT2D eigenvalue weighted by molar-refractivity contribution is 9.10. The summed E-state index contributed by atoms with van der Waals surface area (Å²) in [5.74, 6) is 0.471.